The molecule has 4 heteroatoms. The molecule has 0 bridgehead atoms. The van der Waals surface area contributed by atoms with E-state index in [9.17, 15) is 0 Å². The van der Waals surface area contributed by atoms with E-state index in [0.717, 1.165) is 5.56 Å². The molecule has 1 unspecified atom stereocenters. The lowest BCUT2D eigenvalue weighted by Crippen LogP contribution is -2.32. The molecule has 0 saturated heterocycles. The lowest BCUT2D eigenvalue weighted by atomic mass is 9.79. The van der Waals surface area contributed by atoms with Gasteiger partial charge in [-0.05, 0) is 24.1 Å². The second-order valence-electron chi connectivity index (χ2n) is 4.31. The van der Waals surface area contributed by atoms with E-state index in [2.05, 4.69) is 0 Å². The van der Waals surface area contributed by atoms with E-state index >= 15 is 0 Å². The van der Waals surface area contributed by atoms with Gasteiger partial charge in [0.15, 0.2) is 11.5 Å². The van der Waals surface area contributed by atoms with Gasteiger partial charge in [0.1, 0.15) is 0 Å². The van der Waals surface area contributed by atoms with Gasteiger partial charge < -0.3 is 20.3 Å². The Bertz CT molecular complexity index is 368. The number of aliphatic hydroxyl groups excluding tert-OH is 1. The van der Waals surface area contributed by atoms with E-state index in [0.29, 0.717) is 24.5 Å². The first-order valence-electron chi connectivity index (χ1n) is 5.64. The maximum absolute atomic E-state index is 9.11. The Balaban J connectivity index is 3.13. The average Bonchev–Trinajstić information content (AvgIpc) is 2.38. The van der Waals surface area contributed by atoms with Crippen molar-refractivity contribution in [1.29, 1.82) is 0 Å². The van der Waals surface area contributed by atoms with Crippen molar-refractivity contribution in [3.05, 3.63) is 23.8 Å². The predicted molar refractivity (Wildman–Crippen MR) is 67.7 cm³/mol. The molecule has 0 aliphatic carbocycles. The summed E-state index contributed by atoms with van der Waals surface area (Å²) < 4.78 is 10.5. The van der Waals surface area contributed by atoms with Crippen molar-refractivity contribution in [3.8, 4) is 11.5 Å². The van der Waals surface area contributed by atoms with Gasteiger partial charge >= 0.3 is 0 Å². The number of aliphatic hydroxyl groups is 1. The third-order valence-electron chi connectivity index (χ3n) is 3.19. The van der Waals surface area contributed by atoms with E-state index in [-0.39, 0.29) is 12.0 Å². The molecule has 1 atom stereocenters. The summed E-state index contributed by atoms with van der Waals surface area (Å²) in [6, 6.07) is 5.74. The van der Waals surface area contributed by atoms with Crippen LogP contribution in [0.1, 0.15) is 18.9 Å². The predicted octanol–water partition coefficient (Wildman–Crippen LogP) is 1.30. The van der Waals surface area contributed by atoms with Gasteiger partial charge in [0.2, 0.25) is 0 Å². The van der Waals surface area contributed by atoms with Crippen molar-refractivity contribution in [2.75, 3.05) is 27.4 Å². The first-order valence-corrected chi connectivity index (χ1v) is 5.64. The summed E-state index contributed by atoms with van der Waals surface area (Å²) in [6.45, 7) is 2.62. The summed E-state index contributed by atoms with van der Waals surface area (Å²) in [5, 5.41) is 9.11. The average molecular weight is 239 g/mol. The van der Waals surface area contributed by atoms with Gasteiger partial charge in [0, 0.05) is 18.6 Å². The van der Waals surface area contributed by atoms with Crippen LogP contribution in [0.15, 0.2) is 18.2 Å². The van der Waals surface area contributed by atoms with Gasteiger partial charge in [-0.3, -0.25) is 0 Å². The van der Waals surface area contributed by atoms with Crippen molar-refractivity contribution in [2.45, 2.75) is 18.8 Å². The molecule has 0 aliphatic heterocycles. The number of hydrogen-bond donors (Lipinski definition) is 2. The van der Waals surface area contributed by atoms with Crippen LogP contribution in [0.25, 0.3) is 0 Å². The Labute approximate surface area is 102 Å². The van der Waals surface area contributed by atoms with Crippen LogP contribution in [-0.4, -0.2) is 32.5 Å². The highest BCUT2D eigenvalue weighted by Crippen LogP contribution is 2.34. The summed E-state index contributed by atoms with van der Waals surface area (Å²) in [6.07, 6.45) is 0.624. The molecule has 0 saturated carbocycles. The van der Waals surface area contributed by atoms with Crippen LogP contribution in [0.4, 0.5) is 0 Å². The van der Waals surface area contributed by atoms with Crippen molar-refractivity contribution >= 4 is 0 Å². The molecular weight excluding hydrogens is 218 g/mol. The molecule has 96 valence electrons. The molecule has 1 rings (SSSR count). The van der Waals surface area contributed by atoms with E-state index < -0.39 is 0 Å². The minimum atomic E-state index is -0.242. The monoisotopic (exact) mass is 239 g/mol. The number of nitrogens with two attached hydrogens (primary N) is 1. The number of methoxy groups -OCH3 is 2. The molecule has 17 heavy (non-hydrogen) atoms. The minimum Gasteiger partial charge on any atom is -0.493 e. The molecule has 3 N–H and O–H groups in total. The van der Waals surface area contributed by atoms with Crippen LogP contribution < -0.4 is 15.2 Å². The maximum Gasteiger partial charge on any atom is 0.161 e. The molecule has 0 fully saturated rings. The molecule has 0 amide bonds. The Morgan fingerprint density at radius 3 is 2.35 bits per heavy atom. The summed E-state index contributed by atoms with van der Waals surface area (Å²) in [5.41, 5.74) is 6.61. The normalized spacial score (nSPS) is 14.2. The fourth-order valence-corrected chi connectivity index (χ4v) is 1.82. The van der Waals surface area contributed by atoms with Gasteiger partial charge in [-0.1, -0.05) is 13.0 Å². The standard InChI is InChI=1S/C13H21NO3/c1-13(9-14,6-7-15)10-4-5-11(16-2)12(8-10)17-3/h4-5,8,15H,6-7,9,14H2,1-3H3. The zero-order valence-electron chi connectivity index (χ0n) is 10.7. The summed E-state index contributed by atoms with van der Waals surface area (Å²) in [4.78, 5) is 0. The van der Waals surface area contributed by atoms with Crippen LogP contribution in [0.3, 0.4) is 0 Å². The fraction of sp³-hybridized carbons (Fsp3) is 0.538. The molecule has 1 aromatic rings. The first-order chi connectivity index (χ1) is 8.11. The number of ether oxygens (including phenoxy) is 2. The van der Waals surface area contributed by atoms with Crippen LogP contribution in [0.5, 0.6) is 11.5 Å². The zero-order valence-corrected chi connectivity index (χ0v) is 10.7. The van der Waals surface area contributed by atoms with Gasteiger partial charge in [0.05, 0.1) is 14.2 Å². The zero-order chi connectivity index (χ0) is 12.9. The molecule has 1 aromatic carbocycles. The third-order valence-corrected chi connectivity index (χ3v) is 3.19. The molecule has 0 radical (unpaired) electrons. The minimum absolute atomic E-state index is 0.113. The van der Waals surface area contributed by atoms with Crippen LogP contribution in [0.2, 0.25) is 0 Å². The van der Waals surface area contributed by atoms with Crippen molar-refractivity contribution in [3.63, 3.8) is 0 Å². The van der Waals surface area contributed by atoms with Gasteiger partial charge in [0.25, 0.3) is 0 Å². The highest BCUT2D eigenvalue weighted by Gasteiger charge is 2.25. The SMILES string of the molecule is COc1ccc(C(C)(CN)CCO)cc1OC. The van der Waals surface area contributed by atoms with Crippen LogP contribution in [0, 0.1) is 0 Å². The number of hydrogen-bond acceptors (Lipinski definition) is 4. The van der Waals surface area contributed by atoms with E-state index in [1.807, 2.05) is 25.1 Å². The molecule has 0 aliphatic rings. The smallest absolute Gasteiger partial charge is 0.161 e. The van der Waals surface area contributed by atoms with Gasteiger partial charge in [-0.2, -0.15) is 0 Å². The van der Waals surface area contributed by atoms with Crippen molar-refractivity contribution in [2.24, 2.45) is 5.73 Å². The van der Waals surface area contributed by atoms with Crippen LogP contribution in [-0.2, 0) is 5.41 Å². The summed E-state index contributed by atoms with van der Waals surface area (Å²) in [7, 11) is 3.21. The maximum atomic E-state index is 9.11. The lowest BCUT2D eigenvalue weighted by molar-refractivity contribution is 0.246. The quantitative estimate of drug-likeness (QED) is 0.785. The Morgan fingerprint density at radius 2 is 1.88 bits per heavy atom. The second kappa shape index (κ2) is 5.89. The Kier molecular flexibility index (Phi) is 4.78. The van der Waals surface area contributed by atoms with Crippen molar-refractivity contribution < 1.29 is 14.6 Å². The number of rotatable bonds is 6. The molecule has 0 heterocycles. The van der Waals surface area contributed by atoms with Gasteiger partial charge in [-0.15, -0.1) is 0 Å². The Morgan fingerprint density at radius 1 is 1.24 bits per heavy atom. The van der Waals surface area contributed by atoms with E-state index in [1.165, 1.54) is 0 Å². The summed E-state index contributed by atoms with van der Waals surface area (Å²) in [5.74, 6) is 1.38. The van der Waals surface area contributed by atoms with E-state index in [4.69, 9.17) is 20.3 Å². The lowest BCUT2D eigenvalue weighted by Gasteiger charge is -2.28. The van der Waals surface area contributed by atoms with Crippen LogP contribution >= 0.6 is 0 Å². The van der Waals surface area contributed by atoms with E-state index in [1.54, 1.807) is 14.2 Å². The molecule has 0 aromatic heterocycles. The first kappa shape index (κ1) is 13.8. The Hall–Kier alpha value is -1.26. The molecular formula is C13H21NO3. The van der Waals surface area contributed by atoms with Gasteiger partial charge in [-0.25, -0.2) is 0 Å². The largest absolute Gasteiger partial charge is 0.493 e. The highest BCUT2D eigenvalue weighted by molar-refractivity contribution is 5.45. The van der Waals surface area contributed by atoms with Crippen molar-refractivity contribution in [1.82, 2.24) is 0 Å². The topological polar surface area (TPSA) is 64.7 Å². The molecule has 0 spiro atoms. The second-order valence-corrected chi connectivity index (χ2v) is 4.31. The summed E-state index contributed by atoms with van der Waals surface area (Å²) >= 11 is 0. The molecule has 4 nitrogen and oxygen atoms in total. The third kappa shape index (κ3) is 2.90. The fourth-order valence-electron chi connectivity index (χ4n) is 1.82. The number of benzene rings is 1. The highest BCUT2D eigenvalue weighted by atomic mass is 16.5.